The minimum absolute atomic E-state index is 0.0781. The molecule has 9 nitrogen and oxygen atoms in total. The Hall–Kier alpha value is -3.10. The van der Waals surface area contributed by atoms with E-state index in [1.807, 2.05) is 4.90 Å². The molecule has 2 heterocycles. The molecule has 5 amide bonds. The molecule has 0 unspecified atom stereocenters. The Morgan fingerprint density at radius 3 is 2.44 bits per heavy atom. The summed E-state index contributed by atoms with van der Waals surface area (Å²) >= 11 is 0. The molecule has 1 saturated carbocycles. The molecular weight excluding hydrogens is 460 g/mol. The van der Waals surface area contributed by atoms with Crippen molar-refractivity contribution in [3.05, 3.63) is 23.8 Å². The van der Waals surface area contributed by atoms with Crippen LogP contribution in [0.2, 0.25) is 0 Å². The van der Waals surface area contributed by atoms with E-state index in [1.54, 1.807) is 18.2 Å². The molecule has 0 atom stereocenters. The van der Waals surface area contributed by atoms with Crippen LogP contribution in [-0.2, 0) is 9.59 Å². The van der Waals surface area contributed by atoms with Crippen molar-refractivity contribution in [2.75, 3.05) is 38.2 Å². The quantitative estimate of drug-likeness (QED) is 0.600. The predicted molar refractivity (Wildman–Crippen MR) is 136 cm³/mol. The summed E-state index contributed by atoms with van der Waals surface area (Å²) in [4.78, 5) is 52.8. The van der Waals surface area contributed by atoms with E-state index < -0.39 is 6.03 Å². The lowest BCUT2D eigenvalue weighted by Gasteiger charge is -2.33. The largest absolute Gasteiger partial charge is 0.495 e. The third-order valence-corrected chi connectivity index (χ3v) is 7.91. The fourth-order valence-corrected chi connectivity index (χ4v) is 5.50. The second-order valence-electron chi connectivity index (χ2n) is 10.4. The first kappa shape index (κ1) is 26.0. The summed E-state index contributed by atoms with van der Waals surface area (Å²) < 4.78 is 5.40. The van der Waals surface area contributed by atoms with Crippen LogP contribution in [0.15, 0.2) is 18.2 Å². The first-order valence-electron chi connectivity index (χ1n) is 13.2. The summed E-state index contributed by atoms with van der Waals surface area (Å²) in [5, 5.41) is 5.45. The highest BCUT2D eigenvalue weighted by Gasteiger charge is 2.29. The zero-order chi connectivity index (χ0) is 25.7. The van der Waals surface area contributed by atoms with Crippen LogP contribution in [0.5, 0.6) is 5.75 Å². The van der Waals surface area contributed by atoms with Gasteiger partial charge in [0.25, 0.3) is 5.91 Å². The lowest BCUT2D eigenvalue weighted by Crippen LogP contribution is -2.49. The van der Waals surface area contributed by atoms with E-state index in [-0.39, 0.29) is 36.6 Å². The van der Waals surface area contributed by atoms with Gasteiger partial charge in [0, 0.05) is 44.1 Å². The number of methoxy groups -OCH3 is 1. The Morgan fingerprint density at radius 2 is 1.78 bits per heavy atom. The number of amides is 5. The van der Waals surface area contributed by atoms with Crippen LogP contribution in [0.4, 0.5) is 10.5 Å². The van der Waals surface area contributed by atoms with Crippen molar-refractivity contribution in [2.45, 2.75) is 58.3 Å². The minimum atomic E-state index is -0.514. The Bertz CT molecular complexity index is 980. The van der Waals surface area contributed by atoms with Crippen LogP contribution in [0.25, 0.3) is 0 Å². The van der Waals surface area contributed by atoms with Gasteiger partial charge in [-0.25, -0.2) is 4.79 Å². The average molecular weight is 499 g/mol. The number of imide groups is 1. The predicted octanol–water partition coefficient (Wildman–Crippen LogP) is 3.33. The maximum atomic E-state index is 13.2. The highest BCUT2D eigenvalue weighted by atomic mass is 16.5. The number of nitrogens with one attached hydrogen (secondary N) is 2. The van der Waals surface area contributed by atoms with Crippen molar-refractivity contribution in [2.24, 2.45) is 17.8 Å². The summed E-state index contributed by atoms with van der Waals surface area (Å²) in [6.07, 6.45) is 7.23. The first-order valence-corrected chi connectivity index (χ1v) is 13.2. The van der Waals surface area contributed by atoms with Crippen LogP contribution in [0.1, 0.15) is 68.6 Å². The zero-order valence-electron chi connectivity index (χ0n) is 21.4. The number of hydrogen-bond acceptors (Lipinski definition) is 5. The highest BCUT2D eigenvalue weighted by Crippen LogP contribution is 2.32. The molecule has 3 aliphatic rings. The normalized spacial score (nSPS) is 23.3. The summed E-state index contributed by atoms with van der Waals surface area (Å²) in [6.45, 7) is 4.53. The summed E-state index contributed by atoms with van der Waals surface area (Å²) in [7, 11) is 1.51. The van der Waals surface area contributed by atoms with E-state index in [0.717, 1.165) is 50.9 Å². The van der Waals surface area contributed by atoms with Crippen LogP contribution in [0, 0.1) is 17.8 Å². The molecule has 0 aromatic heterocycles. The topological polar surface area (TPSA) is 108 Å². The summed E-state index contributed by atoms with van der Waals surface area (Å²) in [5.41, 5.74) is 0.967. The maximum Gasteiger partial charge on any atom is 0.328 e. The van der Waals surface area contributed by atoms with Gasteiger partial charge in [0.15, 0.2) is 0 Å². The van der Waals surface area contributed by atoms with E-state index in [0.29, 0.717) is 42.6 Å². The molecule has 2 N–H and O–H groups in total. The number of hydrogen-bond donors (Lipinski definition) is 2. The molecule has 0 radical (unpaired) electrons. The van der Waals surface area contributed by atoms with Crippen LogP contribution >= 0.6 is 0 Å². The number of carbonyl (C=O) groups is 4. The van der Waals surface area contributed by atoms with Crippen LogP contribution in [-0.4, -0.2) is 61.9 Å². The molecule has 196 valence electrons. The van der Waals surface area contributed by atoms with Gasteiger partial charge in [0.2, 0.25) is 11.8 Å². The molecule has 1 aromatic carbocycles. The van der Waals surface area contributed by atoms with Gasteiger partial charge in [-0.05, 0) is 75.0 Å². The minimum Gasteiger partial charge on any atom is -0.495 e. The van der Waals surface area contributed by atoms with Gasteiger partial charge >= 0.3 is 6.03 Å². The van der Waals surface area contributed by atoms with Gasteiger partial charge in [0.05, 0.1) is 12.8 Å². The lowest BCUT2D eigenvalue weighted by molar-refractivity contribution is -0.126. The smallest absolute Gasteiger partial charge is 0.328 e. The van der Waals surface area contributed by atoms with Crippen LogP contribution < -0.4 is 20.3 Å². The summed E-state index contributed by atoms with van der Waals surface area (Å²) in [6, 6.07) is 4.56. The molecule has 9 heteroatoms. The van der Waals surface area contributed by atoms with E-state index in [2.05, 4.69) is 17.6 Å². The Kier molecular flexibility index (Phi) is 8.48. The zero-order valence-corrected chi connectivity index (χ0v) is 21.4. The fourth-order valence-electron chi connectivity index (χ4n) is 5.50. The molecule has 4 rings (SSSR count). The number of benzene rings is 1. The molecule has 0 bridgehead atoms. The number of piperidine rings is 1. The molecule has 0 spiro atoms. The Labute approximate surface area is 212 Å². The van der Waals surface area contributed by atoms with E-state index >= 15 is 0 Å². The van der Waals surface area contributed by atoms with Crippen molar-refractivity contribution in [1.82, 2.24) is 15.5 Å². The van der Waals surface area contributed by atoms with Crippen molar-refractivity contribution >= 4 is 29.4 Å². The van der Waals surface area contributed by atoms with Gasteiger partial charge < -0.3 is 15.0 Å². The van der Waals surface area contributed by atoms with Gasteiger partial charge in [-0.15, -0.1) is 0 Å². The summed E-state index contributed by atoms with van der Waals surface area (Å²) in [5.74, 6) is 1.69. The van der Waals surface area contributed by atoms with Crippen molar-refractivity contribution < 1.29 is 23.9 Å². The number of nitrogens with zero attached hydrogens (tertiary/aromatic N) is 2. The Balaban J connectivity index is 1.27. The standard InChI is InChI=1S/C27H38N4O5/c1-18-3-5-20(6-4-18)25(33)28-13-9-19-10-14-30(15-11-19)26(34)21-7-8-23(36-2)22(17-21)31-16-12-24(32)29-27(31)35/h7-8,17-20H,3-6,9-16H2,1-2H3,(H,28,33)(H,29,32,35). The third-order valence-electron chi connectivity index (χ3n) is 7.91. The average Bonchev–Trinajstić information content (AvgIpc) is 2.88. The van der Waals surface area contributed by atoms with Gasteiger partial charge in [-0.1, -0.05) is 6.92 Å². The number of likely N-dealkylation sites (tertiary alicyclic amines) is 1. The molecular formula is C27H38N4O5. The molecule has 1 aromatic rings. The van der Waals surface area contributed by atoms with Crippen LogP contribution in [0.3, 0.4) is 0 Å². The molecule has 2 saturated heterocycles. The van der Waals surface area contributed by atoms with E-state index in [1.165, 1.54) is 12.0 Å². The lowest BCUT2D eigenvalue weighted by atomic mass is 9.82. The third kappa shape index (κ3) is 6.17. The fraction of sp³-hybridized carbons (Fsp3) is 0.630. The van der Waals surface area contributed by atoms with Gasteiger partial charge in [0.1, 0.15) is 5.75 Å². The monoisotopic (exact) mass is 498 g/mol. The number of rotatable bonds is 7. The van der Waals surface area contributed by atoms with E-state index in [4.69, 9.17) is 4.74 Å². The number of urea groups is 1. The molecule has 2 aliphatic heterocycles. The van der Waals surface area contributed by atoms with Crippen molar-refractivity contribution in [3.63, 3.8) is 0 Å². The highest BCUT2D eigenvalue weighted by molar-refractivity contribution is 6.07. The number of ether oxygens (including phenoxy) is 1. The Morgan fingerprint density at radius 1 is 1.06 bits per heavy atom. The maximum absolute atomic E-state index is 13.2. The number of anilines is 1. The first-order chi connectivity index (χ1) is 17.4. The van der Waals surface area contributed by atoms with Gasteiger partial charge in [-0.2, -0.15) is 0 Å². The van der Waals surface area contributed by atoms with Gasteiger partial charge in [-0.3, -0.25) is 24.6 Å². The molecule has 1 aliphatic carbocycles. The van der Waals surface area contributed by atoms with Crippen molar-refractivity contribution in [1.29, 1.82) is 0 Å². The number of carbonyl (C=O) groups excluding carboxylic acids is 4. The van der Waals surface area contributed by atoms with E-state index in [9.17, 15) is 19.2 Å². The second-order valence-corrected chi connectivity index (χ2v) is 10.4. The molecule has 3 fully saturated rings. The SMILES string of the molecule is COc1ccc(C(=O)N2CCC(CCNC(=O)C3CCC(C)CC3)CC2)cc1N1CCC(=O)NC1=O. The second kappa shape index (κ2) is 11.8. The molecule has 36 heavy (non-hydrogen) atoms. The van der Waals surface area contributed by atoms with Crippen molar-refractivity contribution in [3.8, 4) is 5.75 Å².